The number of thioether (sulfide) groups is 1. The highest BCUT2D eigenvalue weighted by molar-refractivity contribution is 7.99. The molecule has 0 aliphatic carbocycles. The predicted molar refractivity (Wildman–Crippen MR) is 75.1 cm³/mol. The molecule has 0 fully saturated rings. The first kappa shape index (κ1) is 13.6. The maximum absolute atomic E-state index is 5.84. The third-order valence-corrected chi connectivity index (χ3v) is 3.84. The van der Waals surface area contributed by atoms with Crippen LogP contribution in [0.3, 0.4) is 0 Å². The van der Waals surface area contributed by atoms with Gasteiger partial charge in [0.05, 0.1) is 0 Å². The summed E-state index contributed by atoms with van der Waals surface area (Å²) >= 11 is 2.03. The van der Waals surface area contributed by atoms with Gasteiger partial charge in [-0.15, -0.1) is 0 Å². The fourth-order valence-electron chi connectivity index (χ4n) is 1.89. The number of benzene rings is 1. The molecule has 1 aromatic rings. The van der Waals surface area contributed by atoms with Gasteiger partial charge in [0.15, 0.2) is 0 Å². The number of rotatable bonds is 8. The summed E-state index contributed by atoms with van der Waals surface area (Å²) in [6, 6.07) is 10.7. The summed E-state index contributed by atoms with van der Waals surface area (Å²) < 4.78 is 0. The lowest BCUT2D eigenvalue weighted by molar-refractivity contribution is 0.594. The molecule has 0 spiro atoms. The number of unbranched alkanes of at least 4 members (excludes halogenated alkanes) is 1. The first-order valence-corrected chi connectivity index (χ1v) is 7.36. The van der Waals surface area contributed by atoms with Crippen molar-refractivity contribution in [1.82, 2.24) is 0 Å². The molecule has 0 saturated heterocycles. The summed E-state index contributed by atoms with van der Waals surface area (Å²) in [6.45, 7) is 2.99. The van der Waals surface area contributed by atoms with Gasteiger partial charge in [0.1, 0.15) is 0 Å². The Labute approximate surface area is 104 Å². The van der Waals surface area contributed by atoms with Gasteiger partial charge in [0.2, 0.25) is 0 Å². The van der Waals surface area contributed by atoms with Gasteiger partial charge < -0.3 is 5.73 Å². The Balaban J connectivity index is 2.27. The minimum absolute atomic E-state index is 0.549. The van der Waals surface area contributed by atoms with Crippen LogP contribution in [-0.4, -0.2) is 18.1 Å². The van der Waals surface area contributed by atoms with Crippen molar-refractivity contribution in [3.8, 4) is 0 Å². The van der Waals surface area contributed by atoms with E-state index in [9.17, 15) is 0 Å². The van der Waals surface area contributed by atoms with Crippen LogP contribution in [0.1, 0.15) is 37.7 Å². The van der Waals surface area contributed by atoms with Crippen LogP contribution in [0.4, 0.5) is 0 Å². The topological polar surface area (TPSA) is 26.0 Å². The molecule has 0 heterocycles. The van der Waals surface area contributed by atoms with Gasteiger partial charge in [-0.3, -0.25) is 0 Å². The Hall–Kier alpha value is -0.470. The van der Waals surface area contributed by atoms with E-state index in [0.717, 1.165) is 6.54 Å². The van der Waals surface area contributed by atoms with Crippen LogP contribution in [-0.2, 0) is 0 Å². The Morgan fingerprint density at radius 1 is 1.19 bits per heavy atom. The Kier molecular flexibility index (Phi) is 7.35. The fourth-order valence-corrected chi connectivity index (χ4v) is 2.58. The van der Waals surface area contributed by atoms with Crippen LogP contribution < -0.4 is 5.73 Å². The quantitative estimate of drug-likeness (QED) is 0.698. The van der Waals surface area contributed by atoms with E-state index in [2.05, 4.69) is 37.3 Å². The largest absolute Gasteiger partial charge is 0.330 e. The van der Waals surface area contributed by atoms with Gasteiger partial charge in [0, 0.05) is 0 Å². The van der Waals surface area contributed by atoms with E-state index in [-0.39, 0.29) is 0 Å². The lowest BCUT2D eigenvalue weighted by atomic mass is 9.94. The molecule has 90 valence electrons. The maximum Gasteiger partial charge on any atom is -0.000824 e. The highest BCUT2D eigenvalue weighted by atomic mass is 32.2. The summed E-state index contributed by atoms with van der Waals surface area (Å²) in [5.41, 5.74) is 7.24. The first-order valence-electron chi connectivity index (χ1n) is 6.21. The monoisotopic (exact) mass is 237 g/mol. The van der Waals surface area contributed by atoms with Gasteiger partial charge in [0.25, 0.3) is 0 Å². The van der Waals surface area contributed by atoms with Gasteiger partial charge in [-0.05, 0) is 42.4 Å². The Morgan fingerprint density at radius 2 is 1.94 bits per heavy atom. The zero-order valence-electron chi connectivity index (χ0n) is 10.2. The van der Waals surface area contributed by atoms with E-state index in [1.807, 2.05) is 11.8 Å². The number of nitrogens with two attached hydrogens (primary N) is 1. The molecule has 1 atom stereocenters. The minimum atomic E-state index is 0.549. The first-order chi connectivity index (χ1) is 7.88. The van der Waals surface area contributed by atoms with Crippen LogP contribution in [0.2, 0.25) is 0 Å². The maximum atomic E-state index is 5.84. The molecule has 0 radical (unpaired) electrons. The average Bonchev–Trinajstić information content (AvgIpc) is 2.35. The van der Waals surface area contributed by atoms with Crippen molar-refractivity contribution in [2.24, 2.45) is 5.73 Å². The van der Waals surface area contributed by atoms with Crippen molar-refractivity contribution in [2.75, 3.05) is 18.1 Å². The molecule has 1 aromatic carbocycles. The predicted octanol–water partition coefficient (Wildman–Crippen LogP) is 3.65. The zero-order valence-corrected chi connectivity index (χ0v) is 11.0. The van der Waals surface area contributed by atoms with Crippen molar-refractivity contribution in [1.29, 1.82) is 0 Å². The van der Waals surface area contributed by atoms with Crippen molar-refractivity contribution < 1.29 is 0 Å². The second kappa shape index (κ2) is 8.66. The van der Waals surface area contributed by atoms with E-state index in [4.69, 9.17) is 5.73 Å². The molecule has 2 heteroatoms. The molecule has 0 aliphatic heterocycles. The van der Waals surface area contributed by atoms with Gasteiger partial charge >= 0.3 is 0 Å². The van der Waals surface area contributed by atoms with Crippen molar-refractivity contribution in [2.45, 2.75) is 32.1 Å². The third kappa shape index (κ3) is 5.04. The molecule has 1 unspecified atom stereocenters. The average molecular weight is 237 g/mol. The van der Waals surface area contributed by atoms with Crippen LogP contribution in [0.5, 0.6) is 0 Å². The molecule has 2 N–H and O–H groups in total. The molecule has 0 bridgehead atoms. The van der Waals surface area contributed by atoms with Crippen molar-refractivity contribution in [3.63, 3.8) is 0 Å². The molecule has 0 aromatic heterocycles. The molecule has 0 saturated carbocycles. The molecule has 1 nitrogen and oxygen atoms in total. The standard InChI is InChI=1S/C14H23NS/c1-2-16-11-7-6-10-14(12-15)13-8-4-3-5-9-13/h3-5,8-9,14H,2,6-7,10-12,15H2,1H3. The fraction of sp³-hybridized carbons (Fsp3) is 0.571. The van der Waals surface area contributed by atoms with Crippen LogP contribution in [0.15, 0.2) is 30.3 Å². The molecular weight excluding hydrogens is 214 g/mol. The highest BCUT2D eigenvalue weighted by Gasteiger charge is 2.08. The number of hydrogen-bond donors (Lipinski definition) is 1. The third-order valence-electron chi connectivity index (χ3n) is 2.85. The minimum Gasteiger partial charge on any atom is -0.330 e. The van der Waals surface area contributed by atoms with Gasteiger partial charge in [-0.1, -0.05) is 43.7 Å². The summed E-state index contributed by atoms with van der Waals surface area (Å²) in [5, 5.41) is 0. The van der Waals surface area contributed by atoms with E-state index in [1.165, 1.54) is 36.3 Å². The number of hydrogen-bond acceptors (Lipinski definition) is 2. The highest BCUT2D eigenvalue weighted by Crippen LogP contribution is 2.21. The smallest absolute Gasteiger partial charge is 0.000824 e. The summed E-state index contributed by atoms with van der Waals surface area (Å²) in [5.74, 6) is 3.08. The van der Waals surface area contributed by atoms with E-state index in [0.29, 0.717) is 5.92 Å². The Bertz CT molecular complexity index is 261. The van der Waals surface area contributed by atoms with Crippen LogP contribution >= 0.6 is 11.8 Å². The van der Waals surface area contributed by atoms with Crippen molar-refractivity contribution >= 4 is 11.8 Å². The second-order valence-electron chi connectivity index (χ2n) is 4.04. The van der Waals surface area contributed by atoms with Gasteiger partial charge in [-0.25, -0.2) is 0 Å². The van der Waals surface area contributed by atoms with Gasteiger partial charge in [-0.2, -0.15) is 11.8 Å². The molecule has 0 aliphatic rings. The molecular formula is C14H23NS. The zero-order chi connectivity index (χ0) is 11.6. The van der Waals surface area contributed by atoms with E-state index < -0.39 is 0 Å². The SMILES string of the molecule is CCSCCCCC(CN)c1ccccc1. The molecule has 1 rings (SSSR count). The summed E-state index contributed by atoms with van der Waals surface area (Å²) in [7, 11) is 0. The van der Waals surface area contributed by atoms with Crippen molar-refractivity contribution in [3.05, 3.63) is 35.9 Å². The summed E-state index contributed by atoms with van der Waals surface area (Å²) in [6.07, 6.45) is 3.84. The lowest BCUT2D eigenvalue weighted by Crippen LogP contribution is -2.12. The van der Waals surface area contributed by atoms with E-state index >= 15 is 0 Å². The van der Waals surface area contributed by atoms with Crippen LogP contribution in [0, 0.1) is 0 Å². The molecule has 0 amide bonds. The summed E-state index contributed by atoms with van der Waals surface area (Å²) in [4.78, 5) is 0. The lowest BCUT2D eigenvalue weighted by Gasteiger charge is -2.14. The van der Waals surface area contributed by atoms with Crippen LogP contribution in [0.25, 0.3) is 0 Å². The van der Waals surface area contributed by atoms with E-state index in [1.54, 1.807) is 0 Å². The normalized spacial score (nSPS) is 12.6. The second-order valence-corrected chi connectivity index (χ2v) is 5.43. The Morgan fingerprint density at radius 3 is 2.56 bits per heavy atom. The molecule has 16 heavy (non-hydrogen) atoms.